The maximum absolute atomic E-state index is 15.0. The third-order valence-corrected chi connectivity index (χ3v) is 13.2. The summed E-state index contributed by atoms with van der Waals surface area (Å²) in [4.78, 5) is 86.6. The van der Waals surface area contributed by atoms with E-state index in [9.17, 15) is 116 Å². The maximum atomic E-state index is 15.0. The highest BCUT2D eigenvalue weighted by Crippen LogP contribution is 2.59. The standard InChI is InChI=1S/C48H28O30/c49-10-1-6-15-7(2-11(50)25(53)29(15)57)43(66)78-41-40(77-45(68)18(6)32(60)28(10)56)37-14(73-48(41)71)5-72-42(65)8-3-12(51)26(54)30(58)16(8)19-23-21-22-24(47(70)76-38(21)35(63)33(19)61)20(34(62)36(64)39(22)75-46(23)69)17-9(44(67)74-37)4-13(52)27(55)31(17)59/h1-4,14,37,40-41,48-64,71H,5H2/t14-,37-,40+,41-,48?/m1/s1. The number of aromatic hydroxyl groups is 16. The van der Waals surface area contributed by atoms with Gasteiger partial charge in [0.05, 0.1) is 27.5 Å². The zero-order valence-corrected chi connectivity index (χ0v) is 37.8. The zero-order chi connectivity index (χ0) is 56.3. The first-order valence-electron chi connectivity index (χ1n) is 21.7. The van der Waals surface area contributed by atoms with Crippen LogP contribution in [-0.4, -0.2) is 148 Å². The molecule has 0 saturated carbocycles. The summed E-state index contributed by atoms with van der Waals surface area (Å²) < 4.78 is 38.5. The molecule has 11 rings (SSSR count). The Morgan fingerprint density at radius 1 is 0.346 bits per heavy atom. The van der Waals surface area contributed by atoms with Gasteiger partial charge in [-0.25, -0.2) is 28.8 Å². The van der Waals surface area contributed by atoms with E-state index in [0.717, 1.165) is 0 Å². The molecular formula is C48H28O30. The van der Waals surface area contributed by atoms with Crippen LogP contribution in [0.25, 0.3) is 66.1 Å². The van der Waals surface area contributed by atoms with Crippen molar-refractivity contribution in [3.63, 3.8) is 0 Å². The number of aliphatic hydroxyl groups excluding tert-OH is 1. The van der Waals surface area contributed by atoms with Gasteiger partial charge in [-0.1, -0.05) is 0 Å². The Kier molecular flexibility index (Phi) is 10.3. The Labute approximate surface area is 424 Å². The van der Waals surface area contributed by atoms with Gasteiger partial charge < -0.3 is 119 Å². The van der Waals surface area contributed by atoms with Gasteiger partial charge in [0, 0.05) is 44.2 Å². The normalized spacial score (nSPS) is 19.3. The molecule has 78 heavy (non-hydrogen) atoms. The topological polar surface area (TPSA) is 519 Å². The van der Waals surface area contributed by atoms with Gasteiger partial charge >= 0.3 is 35.1 Å². The molecule has 0 amide bonds. The lowest BCUT2D eigenvalue weighted by Crippen LogP contribution is -2.62. The quantitative estimate of drug-likeness (QED) is 0.0339. The van der Waals surface area contributed by atoms with Crippen LogP contribution in [-0.2, 0) is 23.7 Å². The minimum absolute atomic E-state index is 0.288. The summed E-state index contributed by atoms with van der Waals surface area (Å²) in [7, 11) is 0. The molecule has 1 unspecified atom stereocenters. The summed E-state index contributed by atoms with van der Waals surface area (Å²) in [5, 5.41) is 185. The number of cyclic esters (lactones) is 1. The van der Waals surface area contributed by atoms with Crippen molar-refractivity contribution >= 4 is 56.6 Å². The predicted octanol–water partition coefficient (Wildman–Crippen LogP) is 1.96. The van der Waals surface area contributed by atoms with Gasteiger partial charge in [-0.15, -0.1) is 0 Å². The highest BCUT2D eigenvalue weighted by molar-refractivity contribution is 6.29. The van der Waals surface area contributed by atoms with E-state index in [1.54, 1.807) is 0 Å². The molecule has 1 fully saturated rings. The van der Waals surface area contributed by atoms with Crippen molar-refractivity contribution in [3.8, 4) is 125 Å². The summed E-state index contributed by atoms with van der Waals surface area (Å²) in [6.45, 7) is -1.47. The lowest BCUT2D eigenvalue weighted by Gasteiger charge is -2.43. The van der Waals surface area contributed by atoms with Crippen LogP contribution >= 0.6 is 0 Å². The first-order chi connectivity index (χ1) is 36.8. The minimum atomic E-state index is -2.71. The van der Waals surface area contributed by atoms with E-state index in [0.29, 0.717) is 18.2 Å². The molecule has 6 aromatic carbocycles. The number of phenols is 16. The smallest absolute Gasteiger partial charge is 0.345 e. The number of hydrogen-bond acceptors (Lipinski definition) is 30. The SMILES string of the molecule is O=C1O[C@H]2C(O)O[C@@H]3COC(=O)c4cc(O)c(O)c(O)c4-c4c(O)c(O)c5oc(=O)c6c(c(O)c(O)c7oc(=O)c4c5c76)-c4c(cc(O)c(O)c4O)C(=O)O[C@H]3[C@@H]2OC(=O)c2c(cc(O)c(O)c2O)-c2c1cc(O)c(O)c2O. The number of rotatable bonds is 0. The molecule has 8 aromatic rings. The van der Waals surface area contributed by atoms with Crippen molar-refractivity contribution in [2.75, 3.05) is 6.61 Å². The number of esters is 4. The van der Waals surface area contributed by atoms with Crippen molar-refractivity contribution in [1.82, 2.24) is 0 Å². The van der Waals surface area contributed by atoms with Crippen molar-refractivity contribution < 1.29 is 139 Å². The molecule has 30 nitrogen and oxygen atoms in total. The number of fused-ring (bicyclic) bond motifs is 10. The molecular weight excluding hydrogens is 1060 g/mol. The van der Waals surface area contributed by atoms with E-state index in [1.807, 2.05) is 0 Å². The Balaban J connectivity index is 1.22. The molecule has 1 saturated heterocycles. The highest BCUT2D eigenvalue weighted by Gasteiger charge is 2.54. The van der Waals surface area contributed by atoms with Gasteiger partial charge in [0.25, 0.3) is 0 Å². The minimum Gasteiger partial charge on any atom is -0.504 e. The van der Waals surface area contributed by atoms with Crippen molar-refractivity contribution in [2.45, 2.75) is 30.7 Å². The van der Waals surface area contributed by atoms with Crippen molar-refractivity contribution in [2.24, 2.45) is 0 Å². The molecule has 3 aliphatic rings. The second-order valence-corrected chi connectivity index (χ2v) is 17.4. The van der Waals surface area contributed by atoms with Gasteiger partial charge in [0.2, 0.25) is 34.5 Å². The third kappa shape index (κ3) is 6.49. The van der Waals surface area contributed by atoms with Crippen LogP contribution in [0.1, 0.15) is 41.4 Å². The third-order valence-electron chi connectivity index (χ3n) is 13.2. The summed E-state index contributed by atoms with van der Waals surface area (Å²) in [5.41, 5.74) is -17.7. The van der Waals surface area contributed by atoms with Crippen molar-refractivity contribution in [1.29, 1.82) is 0 Å². The van der Waals surface area contributed by atoms with Gasteiger partial charge in [0.15, 0.2) is 93.3 Å². The average molecular weight is 1080 g/mol. The predicted molar refractivity (Wildman–Crippen MR) is 245 cm³/mol. The van der Waals surface area contributed by atoms with Crippen LogP contribution < -0.4 is 11.3 Å². The lowest BCUT2D eigenvalue weighted by molar-refractivity contribution is -0.284. The van der Waals surface area contributed by atoms with Crippen LogP contribution in [0.15, 0.2) is 42.7 Å². The fraction of sp³-hybridized carbons (Fsp3) is 0.125. The molecule has 5 heterocycles. The van der Waals surface area contributed by atoms with E-state index >= 15 is 0 Å². The number of carbonyl (C=O) groups is 4. The Hall–Kier alpha value is -11.1. The van der Waals surface area contributed by atoms with Crippen LogP contribution in [0, 0.1) is 0 Å². The highest BCUT2D eigenvalue weighted by atomic mass is 16.7. The fourth-order valence-electron chi connectivity index (χ4n) is 9.73. The number of phenolic OH excluding ortho intramolecular Hbond substituents is 16. The molecule has 0 aliphatic carbocycles. The van der Waals surface area contributed by atoms with Gasteiger partial charge in [-0.05, 0) is 24.3 Å². The molecule has 30 heteroatoms. The first-order valence-corrected chi connectivity index (χ1v) is 21.7. The first kappa shape index (κ1) is 49.1. The summed E-state index contributed by atoms with van der Waals surface area (Å²) in [5.74, 6) is -31.2. The summed E-state index contributed by atoms with van der Waals surface area (Å²) in [6, 6.07) is 1.51. The Morgan fingerprint density at radius 3 is 1.17 bits per heavy atom. The number of aliphatic hydroxyl groups is 1. The Morgan fingerprint density at radius 2 is 0.705 bits per heavy atom. The van der Waals surface area contributed by atoms with E-state index in [1.165, 1.54) is 0 Å². The maximum Gasteiger partial charge on any atom is 0.345 e. The van der Waals surface area contributed by atoms with Crippen LogP contribution in [0.2, 0.25) is 0 Å². The van der Waals surface area contributed by atoms with Crippen LogP contribution in [0.3, 0.4) is 0 Å². The van der Waals surface area contributed by atoms with E-state index in [4.69, 9.17) is 32.5 Å². The second kappa shape index (κ2) is 16.4. The van der Waals surface area contributed by atoms with E-state index in [2.05, 4.69) is 0 Å². The Bertz CT molecular complexity index is 4240. The number of hydrogen-bond donors (Lipinski definition) is 17. The van der Waals surface area contributed by atoms with Crippen LogP contribution in [0.5, 0.6) is 92.0 Å². The lowest BCUT2D eigenvalue weighted by atomic mass is 9.88. The number of benzene rings is 6. The van der Waals surface area contributed by atoms with Gasteiger partial charge in [-0.2, -0.15) is 0 Å². The molecule has 0 radical (unpaired) electrons. The molecule has 6 bridgehead atoms. The molecule has 5 atom stereocenters. The van der Waals surface area contributed by atoms with Crippen LogP contribution in [0.4, 0.5) is 0 Å². The number of ether oxygens (including phenoxy) is 5. The zero-order valence-electron chi connectivity index (χ0n) is 37.8. The largest absolute Gasteiger partial charge is 0.504 e. The molecule has 400 valence electrons. The summed E-state index contributed by atoms with van der Waals surface area (Å²) >= 11 is 0. The van der Waals surface area contributed by atoms with E-state index in [-0.39, 0.29) is 6.07 Å². The molecule has 2 aromatic heterocycles. The molecule has 17 N–H and O–H groups in total. The fourth-order valence-corrected chi connectivity index (χ4v) is 9.73. The second-order valence-electron chi connectivity index (χ2n) is 17.4. The molecule has 0 spiro atoms. The van der Waals surface area contributed by atoms with Crippen molar-refractivity contribution in [3.05, 3.63) is 67.4 Å². The van der Waals surface area contributed by atoms with Gasteiger partial charge in [0.1, 0.15) is 18.3 Å². The monoisotopic (exact) mass is 1080 g/mol. The van der Waals surface area contributed by atoms with Gasteiger partial charge in [-0.3, -0.25) is 0 Å². The average Bonchev–Trinajstić information content (AvgIpc) is 3.59. The molecule has 3 aliphatic heterocycles. The summed E-state index contributed by atoms with van der Waals surface area (Å²) in [6.07, 6.45) is -13.0. The van der Waals surface area contributed by atoms with E-state index < -0.39 is 253 Å². The number of carbonyl (C=O) groups excluding carboxylic acids is 4.